The minimum Gasteiger partial charge on any atom is -0.385 e. The van der Waals surface area contributed by atoms with Crippen LogP contribution in [-0.4, -0.2) is 32.1 Å². The molecule has 0 aliphatic carbocycles. The minimum absolute atomic E-state index is 0.100. The summed E-state index contributed by atoms with van der Waals surface area (Å²) in [7, 11) is 1.57. The SMILES string of the molecule is COCCCNC(=O)/C(C#N)=C\Nc1ccccc1C(N)=O. The maximum absolute atomic E-state index is 11.8. The van der Waals surface area contributed by atoms with Crippen molar-refractivity contribution < 1.29 is 14.3 Å². The van der Waals surface area contributed by atoms with E-state index in [0.29, 0.717) is 25.3 Å². The first-order valence-electron chi connectivity index (χ1n) is 6.63. The van der Waals surface area contributed by atoms with Gasteiger partial charge in [-0.15, -0.1) is 0 Å². The number of primary amides is 1. The number of ether oxygens (including phenoxy) is 1. The highest BCUT2D eigenvalue weighted by Crippen LogP contribution is 2.14. The molecule has 0 aliphatic rings. The van der Waals surface area contributed by atoms with Crippen LogP contribution >= 0.6 is 0 Å². The van der Waals surface area contributed by atoms with E-state index < -0.39 is 11.8 Å². The van der Waals surface area contributed by atoms with Crippen LogP contribution in [0.25, 0.3) is 0 Å². The molecule has 0 bridgehead atoms. The highest BCUT2D eigenvalue weighted by Gasteiger charge is 2.10. The van der Waals surface area contributed by atoms with Crippen LogP contribution in [0.1, 0.15) is 16.8 Å². The summed E-state index contributed by atoms with van der Waals surface area (Å²) in [5.74, 6) is -1.10. The van der Waals surface area contributed by atoms with Gasteiger partial charge in [0.15, 0.2) is 0 Å². The molecule has 0 atom stereocenters. The van der Waals surface area contributed by atoms with Gasteiger partial charge in [-0.05, 0) is 18.6 Å². The normalized spacial score (nSPS) is 10.6. The molecular formula is C15H18N4O3. The van der Waals surface area contributed by atoms with Crippen molar-refractivity contribution in [3.8, 4) is 6.07 Å². The fourth-order valence-electron chi connectivity index (χ4n) is 1.64. The van der Waals surface area contributed by atoms with Crippen LogP contribution in [0.5, 0.6) is 0 Å². The maximum Gasteiger partial charge on any atom is 0.263 e. The number of rotatable bonds is 8. The number of carbonyl (C=O) groups is 2. The standard InChI is InChI=1S/C15H18N4O3/c1-22-8-4-7-18-15(21)11(9-16)10-19-13-6-3-2-5-12(13)14(17)20/h2-3,5-6,10,19H,4,7-8H2,1H3,(H2,17,20)(H,18,21)/b11-10-. The first-order valence-corrected chi connectivity index (χ1v) is 6.63. The van der Waals surface area contributed by atoms with E-state index in [1.165, 1.54) is 6.20 Å². The molecule has 1 aromatic rings. The Hall–Kier alpha value is -2.85. The van der Waals surface area contributed by atoms with Crippen LogP contribution in [0.3, 0.4) is 0 Å². The fourth-order valence-corrected chi connectivity index (χ4v) is 1.64. The third-order valence-electron chi connectivity index (χ3n) is 2.74. The van der Waals surface area contributed by atoms with Crippen molar-refractivity contribution in [2.45, 2.75) is 6.42 Å². The third kappa shape index (κ3) is 5.26. The molecule has 0 saturated carbocycles. The van der Waals surface area contributed by atoms with E-state index in [-0.39, 0.29) is 11.1 Å². The van der Waals surface area contributed by atoms with Gasteiger partial charge < -0.3 is 21.1 Å². The Labute approximate surface area is 128 Å². The predicted molar refractivity (Wildman–Crippen MR) is 81.8 cm³/mol. The van der Waals surface area contributed by atoms with Crippen LogP contribution in [-0.2, 0) is 9.53 Å². The molecule has 7 nitrogen and oxygen atoms in total. The topological polar surface area (TPSA) is 117 Å². The number of anilines is 1. The molecule has 0 saturated heterocycles. The minimum atomic E-state index is -0.598. The lowest BCUT2D eigenvalue weighted by molar-refractivity contribution is -0.117. The molecule has 2 amide bonds. The molecule has 7 heteroatoms. The average molecular weight is 302 g/mol. The van der Waals surface area contributed by atoms with Gasteiger partial charge >= 0.3 is 0 Å². The lowest BCUT2D eigenvalue weighted by Crippen LogP contribution is -2.26. The van der Waals surface area contributed by atoms with Gasteiger partial charge in [0, 0.05) is 26.5 Å². The molecule has 116 valence electrons. The van der Waals surface area contributed by atoms with Crippen molar-refractivity contribution >= 4 is 17.5 Å². The Morgan fingerprint density at radius 1 is 1.41 bits per heavy atom. The molecule has 0 radical (unpaired) electrons. The smallest absolute Gasteiger partial charge is 0.263 e. The Balaban J connectivity index is 2.72. The van der Waals surface area contributed by atoms with Gasteiger partial charge in [-0.25, -0.2) is 0 Å². The number of hydrogen-bond acceptors (Lipinski definition) is 5. The van der Waals surface area contributed by atoms with Crippen LogP contribution in [0.4, 0.5) is 5.69 Å². The second kappa shape index (κ2) is 9.15. The van der Waals surface area contributed by atoms with Gasteiger partial charge in [0.1, 0.15) is 11.6 Å². The number of methoxy groups -OCH3 is 1. The van der Waals surface area contributed by atoms with E-state index in [4.69, 9.17) is 15.7 Å². The molecule has 22 heavy (non-hydrogen) atoms. The molecule has 0 spiro atoms. The van der Waals surface area contributed by atoms with Crippen molar-refractivity contribution in [1.82, 2.24) is 5.32 Å². The van der Waals surface area contributed by atoms with Gasteiger partial charge in [-0.3, -0.25) is 9.59 Å². The van der Waals surface area contributed by atoms with Gasteiger partial charge in [0.2, 0.25) is 0 Å². The van der Waals surface area contributed by atoms with Crippen LogP contribution in [0.2, 0.25) is 0 Å². The van der Waals surface area contributed by atoms with Crippen molar-refractivity contribution in [1.29, 1.82) is 5.26 Å². The lowest BCUT2D eigenvalue weighted by atomic mass is 10.1. The highest BCUT2D eigenvalue weighted by atomic mass is 16.5. The van der Waals surface area contributed by atoms with Crippen molar-refractivity contribution in [2.75, 3.05) is 25.6 Å². The molecule has 0 aromatic heterocycles. The molecule has 0 unspecified atom stereocenters. The predicted octanol–water partition coefficient (Wildman–Crippen LogP) is 0.758. The number of nitrogens with zero attached hydrogens (tertiary/aromatic N) is 1. The summed E-state index contributed by atoms with van der Waals surface area (Å²) in [6, 6.07) is 8.36. The van der Waals surface area contributed by atoms with E-state index in [9.17, 15) is 9.59 Å². The molecule has 0 heterocycles. The number of hydrogen-bond donors (Lipinski definition) is 3. The number of para-hydroxylation sites is 1. The van der Waals surface area contributed by atoms with Crippen LogP contribution in [0, 0.1) is 11.3 Å². The second-order valence-corrected chi connectivity index (χ2v) is 4.33. The van der Waals surface area contributed by atoms with Gasteiger partial charge in [0.05, 0.1) is 11.3 Å². The summed E-state index contributed by atoms with van der Waals surface area (Å²) in [5, 5.41) is 14.4. The number of nitrogens with one attached hydrogen (secondary N) is 2. The quantitative estimate of drug-likeness (QED) is 0.372. The zero-order valence-corrected chi connectivity index (χ0v) is 12.3. The fraction of sp³-hybridized carbons (Fsp3) is 0.267. The number of amides is 2. The van der Waals surface area contributed by atoms with Crippen molar-refractivity contribution in [2.24, 2.45) is 5.73 Å². The van der Waals surface area contributed by atoms with Crippen LogP contribution < -0.4 is 16.4 Å². The summed E-state index contributed by atoms with van der Waals surface area (Å²) in [4.78, 5) is 23.1. The molecular weight excluding hydrogens is 284 g/mol. The largest absolute Gasteiger partial charge is 0.385 e. The first kappa shape index (κ1) is 17.2. The van der Waals surface area contributed by atoms with E-state index in [1.807, 2.05) is 0 Å². The summed E-state index contributed by atoms with van der Waals surface area (Å²) in [6.45, 7) is 0.930. The number of carbonyl (C=O) groups excluding carboxylic acids is 2. The van der Waals surface area contributed by atoms with Gasteiger partial charge in [-0.2, -0.15) is 5.26 Å². The van der Waals surface area contributed by atoms with E-state index in [2.05, 4.69) is 10.6 Å². The first-order chi connectivity index (χ1) is 10.6. The van der Waals surface area contributed by atoms with E-state index >= 15 is 0 Å². The molecule has 1 aromatic carbocycles. The van der Waals surface area contributed by atoms with E-state index in [0.717, 1.165) is 0 Å². The van der Waals surface area contributed by atoms with Crippen molar-refractivity contribution in [3.05, 3.63) is 41.6 Å². The lowest BCUT2D eigenvalue weighted by Gasteiger charge is -2.07. The van der Waals surface area contributed by atoms with E-state index in [1.54, 1.807) is 37.4 Å². The zero-order chi connectivity index (χ0) is 16.4. The Kier molecular flexibility index (Phi) is 7.16. The second-order valence-electron chi connectivity index (χ2n) is 4.33. The van der Waals surface area contributed by atoms with Crippen LogP contribution in [0.15, 0.2) is 36.0 Å². The average Bonchev–Trinajstić information content (AvgIpc) is 2.52. The third-order valence-corrected chi connectivity index (χ3v) is 2.74. The highest BCUT2D eigenvalue weighted by molar-refractivity contribution is 6.00. The summed E-state index contributed by atoms with van der Waals surface area (Å²) < 4.78 is 4.86. The molecule has 4 N–H and O–H groups in total. The number of benzene rings is 1. The monoisotopic (exact) mass is 302 g/mol. The molecule has 1 rings (SSSR count). The molecule has 0 fully saturated rings. The Bertz CT molecular complexity index is 605. The number of nitrogens with two attached hydrogens (primary N) is 1. The van der Waals surface area contributed by atoms with Gasteiger partial charge in [-0.1, -0.05) is 12.1 Å². The summed E-state index contributed by atoms with van der Waals surface area (Å²) in [5.41, 5.74) is 5.85. The van der Waals surface area contributed by atoms with Gasteiger partial charge in [0.25, 0.3) is 11.8 Å². The zero-order valence-electron chi connectivity index (χ0n) is 12.3. The Morgan fingerprint density at radius 2 is 2.14 bits per heavy atom. The summed E-state index contributed by atoms with van der Waals surface area (Å²) >= 11 is 0. The van der Waals surface area contributed by atoms with Crippen molar-refractivity contribution in [3.63, 3.8) is 0 Å². The molecule has 0 aliphatic heterocycles. The maximum atomic E-state index is 11.8. The summed E-state index contributed by atoms with van der Waals surface area (Å²) in [6.07, 6.45) is 1.90. The number of nitriles is 1. The Morgan fingerprint density at radius 3 is 2.77 bits per heavy atom.